The van der Waals surface area contributed by atoms with Crippen molar-refractivity contribution in [2.24, 2.45) is 0 Å². The molecule has 22 heavy (non-hydrogen) atoms. The van der Waals surface area contributed by atoms with Crippen molar-refractivity contribution < 1.29 is 38.7 Å². The van der Waals surface area contributed by atoms with Gasteiger partial charge in [-0.25, -0.2) is 4.98 Å². The van der Waals surface area contributed by atoms with E-state index in [1.54, 1.807) is 12.1 Å². The quantitative estimate of drug-likeness (QED) is 0.368. The van der Waals surface area contributed by atoms with Crippen LogP contribution in [-0.2, 0) is 24.4 Å². The SMILES string of the molecule is CCCCOS(=O)(=O)c1ccccn1.O=S(=O)(O)C(F)(F)F. The zero-order valence-electron chi connectivity index (χ0n) is 11.3. The third-order valence-electron chi connectivity index (χ3n) is 1.92. The monoisotopic (exact) mass is 365 g/mol. The fourth-order valence-corrected chi connectivity index (χ4v) is 1.76. The van der Waals surface area contributed by atoms with Crippen LogP contribution in [0.15, 0.2) is 29.4 Å². The standard InChI is InChI=1S/C9H13NO3S.CHF3O3S/c1-2-3-8-13-14(11,12)9-6-4-5-7-10-9;2-1(3,4)8(5,6)7/h4-7H,2-3,8H2,1H3;(H,5,6,7). The molecule has 0 spiro atoms. The summed E-state index contributed by atoms with van der Waals surface area (Å²) in [5.74, 6) is 0. The minimum atomic E-state index is -5.84. The van der Waals surface area contributed by atoms with E-state index in [-0.39, 0.29) is 11.6 Å². The number of unbranched alkanes of at least 4 members (excludes halogenated alkanes) is 1. The van der Waals surface area contributed by atoms with Crippen LogP contribution in [0.2, 0.25) is 0 Å². The predicted octanol–water partition coefficient (Wildman–Crippen LogP) is 1.98. The number of hydrogen-bond acceptors (Lipinski definition) is 6. The summed E-state index contributed by atoms with van der Waals surface area (Å²) in [6.45, 7) is 2.19. The summed E-state index contributed by atoms with van der Waals surface area (Å²) in [6.07, 6.45) is 3.06. The summed E-state index contributed by atoms with van der Waals surface area (Å²) in [6, 6.07) is 4.69. The Morgan fingerprint density at radius 3 is 2.14 bits per heavy atom. The Bertz CT molecular complexity index is 643. The fourth-order valence-electron chi connectivity index (χ4n) is 0.868. The van der Waals surface area contributed by atoms with Gasteiger partial charge in [0.05, 0.1) is 6.61 Å². The molecule has 1 aromatic rings. The maximum absolute atomic E-state index is 11.4. The molecule has 0 unspecified atom stereocenters. The van der Waals surface area contributed by atoms with E-state index in [0.29, 0.717) is 0 Å². The summed E-state index contributed by atoms with van der Waals surface area (Å²) in [5, 5.41) is -0.0314. The highest BCUT2D eigenvalue weighted by Crippen LogP contribution is 2.20. The lowest BCUT2D eigenvalue weighted by atomic mass is 10.4. The zero-order valence-corrected chi connectivity index (χ0v) is 12.9. The van der Waals surface area contributed by atoms with Crippen LogP contribution in [0.25, 0.3) is 0 Å². The van der Waals surface area contributed by atoms with Crippen LogP contribution in [0.5, 0.6) is 0 Å². The Morgan fingerprint density at radius 1 is 1.23 bits per heavy atom. The highest BCUT2D eigenvalue weighted by atomic mass is 32.2. The van der Waals surface area contributed by atoms with E-state index in [4.69, 9.17) is 17.2 Å². The zero-order chi connectivity index (χ0) is 17.4. The van der Waals surface area contributed by atoms with Crippen LogP contribution in [0, 0.1) is 0 Å². The molecule has 0 atom stereocenters. The molecule has 0 bridgehead atoms. The molecule has 1 aromatic heterocycles. The van der Waals surface area contributed by atoms with E-state index in [0.717, 1.165) is 12.8 Å². The number of rotatable bonds is 5. The van der Waals surface area contributed by atoms with Crippen molar-refractivity contribution in [3.05, 3.63) is 24.4 Å². The molecule has 1 N–H and O–H groups in total. The molecule has 1 rings (SSSR count). The summed E-state index contributed by atoms with van der Waals surface area (Å²) >= 11 is 0. The van der Waals surface area contributed by atoms with Gasteiger partial charge in [-0.1, -0.05) is 19.4 Å². The first-order chi connectivity index (χ1) is 9.92. The molecule has 0 aliphatic rings. The van der Waals surface area contributed by atoms with E-state index in [1.165, 1.54) is 12.3 Å². The number of alkyl halides is 3. The highest BCUT2D eigenvalue weighted by Gasteiger charge is 2.44. The van der Waals surface area contributed by atoms with E-state index >= 15 is 0 Å². The first-order valence-corrected chi connectivity index (χ1v) is 8.61. The number of nitrogens with zero attached hydrogens (tertiary/aromatic N) is 1. The van der Waals surface area contributed by atoms with Crippen molar-refractivity contribution in [2.75, 3.05) is 6.61 Å². The lowest BCUT2D eigenvalue weighted by Gasteiger charge is -2.02. The van der Waals surface area contributed by atoms with Crippen LogP contribution in [0.3, 0.4) is 0 Å². The summed E-state index contributed by atoms with van der Waals surface area (Å²) in [4.78, 5) is 3.72. The van der Waals surface area contributed by atoms with Crippen LogP contribution in [-0.4, -0.2) is 38.5 Å². The van der Waals surface area contributed by atoms with Gasteiger partial charge in [0, 0.05) is 6.20 Å². The van der Waals surface area contributed by atoms with Crippen molar-refractivity contribution in [3.63, 3.8) is 0 Å². The lowest BCUT2D eigenvalue weighted by molar-refractivity contribution is -0.0510. The topological polar surface area (TPSA) is 111 Å². The maximum atomic E-state index is 11.4. The third kappa shape index (κ3) is 7.68. The molecule has 1 heterocycles. The second-order valence-electron chi connectivity index (χ2n) is 3.72. The van der Waals surface area contributed by atoms with Crippen LogP contribution >= 0.6 is 0 Å². The lowest BCUT2D eigenvalue weighted by Crippen LogP contribution is -2.21. The van der Waals surface area contributed by atoms with Gasteiger partial charge in [0.15, 0.2) is 5.03 Å². The predicted molar refractivity (Wildman–Crippen MR) is 69.9 cm³/mol. The van der Waals surface area contributed by atoms with Gasteiger partial charge < -0.3 is 0 Å². The third-order valence-corrected chi connectivity index (χ3v) is 3.74. The highest BCUT2D eigenvalue weighted by molar-refractivity contribution is 7.86. The number of aromatic nitrogens is 1. The van der Waals surface area contributed by atoms with Crippen molar-refractivity contribution in [2.45, 2.75) is 30.3 Å². The van der Waals surface area contributed by atoms with Gasteiger partial charge >= 0.3 is 25.7 Å². The van der Waals surface area contributed by atoms with Gasteiger partial charge in [-0.15, -0.1) is 0 Å². The van der Waals surface area contributed by atoms with Gasteiger partial charge in [0.2, 0.25) is 0 Å². The smallest absolute Gasteiger partial charge is 0.279 e. The molecule has 0 aliphatic carbocycles. The van der Waals surface area contributed by atoms with E-state index in [2.05, 4.69) is 4.98 Å². The van der Waals surface area contributed by atoms with Gasteiger partial charge in [0.1, 0.15) is 0 Å². The molecule has 128 valence electrons. The van der Waals surface area contributed by atoms with Crippen molar-refractivity contribution >= 4 is 20.2 Å². The Hall–Kier alpha value is -1.24. The van der Waals surface area contributed by atoms with Gasteiger partial charge in [-0.05, 0) is 18.6 Å². The minimum absolute atomic E-state index is 0.0314. The molecule has 0 radical (unpaired) electrons. The average molecular weight is 365 g/mol. The molecule has 0 amide bonds. The van der Waals surface area contributed by atoms with Crippen molar-refractivity contribution in [3.8, 4) is 0 Å². The average Bonchev–Trinajstić information content (AvgIpc) is 2.38. The Morgan fingerprint density at radius 2 is 1.77 bits per heavy atom. The molecule has 12 heteroatoms. The van der Waals surface area contributed by atoms with Crippen molar-refractivity contribution in [1.29, 1.82) is 0 Å². The molecule has 0 aliphatic heterocycles. The normalized spacial score (nSPS) is 12.4. The second-order valence-corrected chi connectivity index (χ2v) is 6.69. The molecule has 7 nitrogen and oxygen atoms in total. The van der Waals surface area contributed by atoms with Crippen LogP contribution in [0.4, 0.5) is 13.2 Å². The van der Waals surface area contributed by atoms with Crippen LogP contribution < -0.4 is 0 Å². The molecular weight excluding hydrogens is 351 g/mol. The molecular formula is C10H14F3NO6S2. The first-order valence-electron chi connectivity index (χ1n) is 5.76. The molecule has 0 saturated carbocycles. The maximum Gasteiger partial charge on any atom is 0.522 e. The van der Waals surface area contributed by atoms with E-state index < -0.39 is 25.7 Å². The van der Waals surface area contributed by atoms with E-state index in [9.17, 15) is 21.6 Å². The second kappa shape index (κ2) is 8.41. The van der Waals surface area contributed by atoms with Crippen LogP contribution in [0.1, 0.15) is 19.8 Å². The Kier molecular flexibility index (Phi) is 7.93. The number of pyridine rings is 1. The van der Waals surface area contributed by atoms with Crippen molar-refractivity contribution in [1.82, 2.24) is 4.98 Å². The molecule has 0 fully saturated rings. The molecule has 0 saturated heterocycles. The van der Waals surface area contributed by atoms with E-state index in [1.807, 2.05) is 6.92 Å². The summed E-state index contributed by atoms with van der Waals surface area (Å²) < 4.78 is 85.2. The largest absolute Gasteiger partial charge is 0.522 e. The number of halogens is 3. The Labute approximate surface area is 126 Å². The summed E-state index contributed by atoms with van der Waals surface area (Å²) in [7, 11) is -9.48. The summed E-state index contributed by atoms with van der Waals surface area (Å²) in [5.41, 5.74) is -5.53. The molecule has 0 aromatic carbocycles. The number of hydrogen-bond donors (Lipinski definition) is 1. The Balaban J connectivity index is 0.000000472. The minimum Gasteiger partial charge on any atom is -0.279 e. The fraction of sp³-hybridized carbons (Fsp3) is 0.500. The van der Waals surface area contributed by atoms with Gasteiger partial charge in [-0.2, -0.15) is 30.0 Å². The first kappa shape index (κ1) is 20.8. The van der Waals surface area contributed by atoms with Gasteiger partial charge in [0.25, 0.3) is 0 Å². The van der Waals surface area contributed by atoms with Gasteiger partial charge in [-0.3, -0.25) is 8.74 Å².